The van der Waals surface area contributed by atoms with E-state index in [0.29, 0.717) is 62.9 Å². The van der Waals surface area contributed by atoms with Gasteiger partial charge in [0.05, 0.1) is 13.2 Å². The second-order valence-corrected chi connectivity index (χ2v) is 15.5. The summed E-state index contributed by atoms with van der Waals surface area (Å²) >= 11 is 0. The van der Waals surface area contributed by atoms with E-state index in [2.05, 4.69) is 103 Å². The molecular weight excluding hydrogens is 661 g/mol. The zero-order valence-electron chi connectivity index (χ0n) is 35.5. The van der Waals surface area contributed by atoms with E-state index >= 15 is 0 Å². The molecule has 0 saturated carbocycles. The van der Waals surface area contributed by atoms with Crippen LogP contribution in [0.4, 0.5) is 0 Å². The fourth-order valence-corrected chi connectivity index (χ4v) is 7.47. The Morgan fingerprint density at radius 1 is 0.509 bits per heavy atom. The van der Waals surface area contributed by atoms with Crippen molar-refractivity contribution in [3.63, 3.8) is 0 Å². The Morgan fingerprint density at radius 2 is 0.792 bits per heavy atom. The average molecular weight is 733 g/mol. The Bertz CT molecular complexity index is 1350. The van der Waals surface area contributed by atoms with Crippen LogP contribution in [0.1, 0.15) is 158 Å². The monoisotopic (exact) mass is 733 g/mol. The highest BCUT2D eigenvalue weighted by Gasteiger charge is 2.39. The number of hydrogen-bond donors (Lipinski definition) is 0. The van der Waals surface area contributed by atoms with Crippen LogP contribution in [0.25, 0.3) is 0 Å². The molecule has 0 amide bonds. The number of carbonyl (C=O) groups excluding carboxylic acids is 2. The zero-order chi connectivity index (χ0) is 40.1. The van der Waals surface area contributed by atoms with Crippen LogP contribution in [-0.4, -0.2) is 47.2 Å². The predicted molar refractivity (Wildman–Crippen MR) is 220 cm³/mol. The van der Waals surface area contributed by atoms with Crippen molar-refractivity contribution in [1.29, 1.82) is 0 Å². The van der Waals surface area contributed by atoms with E-state index in [-0.39, 0.29) is 17.0 Å². The molecule has 0 bridgehead atoms. The first-order valence-corrected chi connectivity index (χ1v) is 20.3. The first kappa shape index (κ1) is 45.9. The maximum Gasteiger partial charge on any atom is 0.189 e. The van der Waals surface area contributed by atoms with Gasteiger partial charge in [-0.2, -0.15) is 0 Å². The molecule has 296 valence electrons. The summed E-state index contributed by atoms with van der Waals surface area (Å²) < 4.78 is 26.1. The lowest BCUT2D eigenvalue weighted by Gasteiger charge is -2.36. The highest BCUT2D eigenvalue weighted by atomic mass is 16.5. The Balaban J connectivity index is 2.17. The largest absolute Gasteiger partial charge is 0.487 e. The minimum absolute atomic E-state index is 0.0114. The van der Waals surface area contributed by atoms with Gasteiger partial charge in [0.25, 0.3) is 0 Å². The standard InChI is InChI=1S/C47H72O6/c1-15-44(16-2,31-33-50-46(19-5,20-6)41(48)35(9)10)52-39-27-23-37(24-28-39)43(13,14)38-25-29-40(30-26-38)53-45(17-3,18-4)32-34-51-47(21-7,22-8)42(49)36(11)12/h23-30H,9,11,15-22,31-34H2,1-8,10,12-14H3. The van der Waals surface area contributed by atoms with E-state index in [4.69, 9.17) is 18.9 Å². The van der Waals surface area contributed by atoms with Crippen molar-refractivity contribution in [2.75, 3.05) is 13.2 Å². The molecule has 2 aromatic carbocycles. The summed E-state index contributed by atoms with van der Waals surface area (Å²) in [5, 5.41) is 0. The minimum atomic E-state index is -0.829. The predicted octanol–water partition coefficient (Wildman–Crippen LogP) is 12.1. The fourth-order valence-electron chi connectivity index (χ4n) is 7.47. The minimum Gasteiger partial charge on any atom is -0.487 e. The summed E-state index contributed by atoms with van der Waals surface area (Å²) in [7, 11) is 0. The van der Waals surface area contributed by atoms with Gasteiger partial charge < -0.3 is 18.9 Å². The van der Waals surface area contributed by atoms with Crippen LogP contribution in [0.3, 0.4) is 0 Å². The van der Waals surface area contributed by atoms with E-state index < -0.39 is 22.4 Å². The van der Waals surface area contributed by atoms with Crippen LogP contribution < -0.4 is 9.47 Å². The third kappa shape index (κ3) is 10.9. The molecular formula is C47H72O6. The van der Waals surface area contributed by atoms with Gasteiger partial charge >= 0.3 is 0 Å². The third-order valence-corrected chi connectivity index (χ3v) is 12.2. The summed E-state index contributed by atoms with van der Waals surface area (Å²) in [6, 6.07) is 16.9. The Hall–Kier alpha value is -3.22. The molecule has 0 saturated heterocycles. The van der Waals surface area contributed by atoms with Crippen molar-refractivity contribution in [3.8, 4) is 11.5 Å². The van der Waals surface area contributed by atoms with Gasteiger partial charge in [0.1, 0.15) is 33.9 Å². The highest BCUT2D eigenvalue weighted by Crippen LogP contribution is 2.37. The maximum atomic E-state index is 13.0. The van der Waals surface area contributed by atoms with Gasteiger partial charge in [0.2, 0.25) is 0 Å². The normalized spacial score (nSPS) is 12.8. The molecule has 0 aliphatic rings. The van der Waals surface area contributed by atoms with Crippen LogP contribution >= 0.6 is 0 Å². The third-order valence-electron chi connectivity index (χ3n) is 12.2. The first-order valence-electron chi connectivity index (χ1n) is 20.3. The molecule has 2 aromatic rings. The van der Waals surface area contributed by atoms with Crippen LogP contribution in [-0.2, 0) is 24.5 Å². The number of Topliss-reactive ketones (excluding diaryl/α,β-unsaturated/α-hetero) is 2. The number of rotatable bonds is 26. The Labute approximate surface area is 323 Å². The van der Waals surface area contributed by atoms with Gasteiger partial charge in [0, 0.05) is 18.3 Å². The summed E-state index contributed by atoms with van der Waals surface area (Å²) in [5.41, 5.74) is 0.721. The molecule has 2 rings (SSSR count). The van der Waals surface area contributed by atoms with E-state index in [1.165, 1.54) is 11.1 Å². The summed E-state index contributed by atoms with van der Waals surface area (Å²) in [5.74, 6) is 1.63. The van der Waals surface area contributed by atoms with Crippen LogP contribution in [0.15, 0.2) is 72.8 Å². The lowest BCUT2D eigenvalue weighted by atomic mass is 9.78. The van der Waals surface area contributed by atoms with Crippen molar-refractivity contribution >= 4 is 11.6 Å². The molecule has 0 aliphatic heterocycles. The van der Waals surface area contributed by atoms with E-state index in [9.17, 15) is 9.59 Å². The smallest absolute Gasteiger partial charge is 0.189 e. The highest BCUT2D eigenvalue weighted by molar-refractivity contribution is 6.01. The van der Waals surface area contributed by atoms with Gasteiger partial charge in [-0.25, -0.2) is 0 Å². The molecule has 0 spiro atoms. The van der Waals surface area contributed by atoms with Crippen molar-refractivity contribution in [1.82, 2.24) is 0 Å². The van der Waals surface area contributed by atoms with Crippen molar-refractivity contribution in [3.05, 3.63) is 84.0 Å². The average Bonchev–Trinajstić information content (AvgIpc) is 3.17. The zero-order valence-corrected chi connectivity index (χ0v) is 35.5. The van der Waals surface area contributed by atoms with Crippen LogP contribution in [0.5, 0.6) is 11.5 Å². The van der Waals surface area contributed by atoms with Gasteiger partial charge in [0.15, 0.2) is 11.6 Å². The molecule has 0 unspecified atom stereocenters. The SMILES string of the molecule is C=C(C)C(=O)C(CC)(CC)OCCC(CC)(CC)Oc1ccc(C(C)(C)c2ccc(OC(CC)(CC)CCOC(CC)(CC)C(=O)C(=C)C)cc2)cc1. The van der Waals surface area contributed by atoms with Gasteiger partial charge in [-0.1, -0.05) is 107 Å². The van der Waals surface area contributed by atoms with Gasteiger partial charge in [-0.15, -0.1) is 0 Å². The second kappa shape index (κ2) is 19.9. The second-order valence-electron chi connectivity index (χ2n) is 15.5. The number of ketones is 2. The molecule has 0 heterocycles. The van der Waals surface area contributed by atoms with Crippen molar-refractivity contribution in [2.45, 2.75) is 175 Å². The Morgan fingerprint density at radius 3 is 1.02 bits per heavy atom. The first-order chi connectivity index (χ1) is 25.0. The van der Waals surface area contributed by atoms with Crippen molar-refractivity contribution in [2.24, 2.45) is 0 Å². The van der Waals surface area contributed by atoms with E-state index in [0.717, 1.165) is 37.2 Å². The molecule has 0 aromatic heterocycles. The molecule has 0 radical (unpaired) electrons. The number of carbonyl (C=O) groups is 2. The van der Waals surface area contributed by atoms with Crippen LogP contribution in [0.2, 0.25) is 0 Å². The molecule has 0 aliphatic carbocycles. The number of benzene rings is 2. The lowest BCUT2D eigenvalue weighted by molar-refractivity contribution is -0.144. The summed E-state index contributed by atoms with van der Waals surface area (Å²) in [4.78, 5) is 25.9. The van der Waals surface area contributed by atoms with E-state index in [1.807, 2.05) is 27.7 Å². The fraction of sp³-hybridized carbons (Fsp3) is 0.617. The molecule has 53 heavy (non-hydrogen) atoms. The number of hydrogen-bond acceptors (Lipinski definition) is 6. The topological polar surface area (TPSA) is 71.1 Å². The maximum absolute atomic E-state index is 13.0. The lowest BCUT2D eigenvalue weighted by Crippen LogP contribution is -2.43. The quantitative estimate of drug-likeness (QED) is 0.0897. The number of ether oxygens (including phenoxy) is 4. The van der Waals surface area contributed by atoms with Crippen LogP contribution in [0, 0.1) is 0 Å². The van der Waals surface area contributed by atoms with Gasteiger partial charge in [-0.05, 0) is 112 Å². The molecule has 0 N–H and O–H groups in total. The molecule has 6 nitrogen and oxygen atoms in total. The summed E-state index contributed by atoms with van der Waals surface area (Å²) in [6.07, 6.45) is 7.12. The van der Waals surface area contributed by atoms with Gasteiger partial charge in [-0.3, -0.25) is 9.59 Å². The Kier molecular flexibility index (Phi) is 17.3. The molecule has 6 heteroatoms. The summed E-state index contributed by atoms with van der Waals surface area (Å²) in [6.45, 7) is 33.2. The molecule has 0 fully saturated rings. The molecule has 0 atom stereocenters. The van der Waals surface area contributed by atoms with Crippen molar-refractivity contribution < 1.29 is 28.5 Å². The van der Waals surface area contributed by atoms with E-state index in [1.54, 1.807) is 13.8 Å².